The molecule has 0 spiro atoms. The molecule has 0 saturated carbocycles. The van der Waals surface area contributed by atoms with E-state index in [1.54, 1.807) is 21.8 Å². The zero-order chi connectivity index (χ0) is 15.9. The van der Waals surface area contributed by atoms with Gasteiger partial charge in [-0.25, -0.2) is 8.42 Å². The van der Waals surface area contributed by atoms with Crippen molar-refractivity contribution in [3.63, 3.8) is 0 Å². The Bertz CT molecular complexity index is 797. The van der Waals surface area contributed by atoms with Crippen LogP contribution in [-0.4, -0.2) is 45.7 Å². The third kappa shape index (κ3) is 2.66. The quantitative estimate of drug-likeness (QED) is 0.845. The number of fused-ring (bicyclic) bond motifs is 1. The van der Waals surface area contributed by atoms with Gasteiger partial charge in [-0.2, -0.15) is 4.31 Å². The van der Waals surface area contributed by atoms with Crippen LogP contribution < -0.4 is 14.4 Å². The Kier molecular flexibility index (Phi) is 3.67. The van der Waals surface area contributed by atoms with Crippen molar-refractivity contribution in [2.45, 2.75) is 4.21 Å². The van der Waals surface area contributed by atoms with Crippen LogP contribution >= 0.6 is 11.3 Å². The SMILES string of the molecule is O=S(=O)(c1cccs1)N1CCN(c2ccc3c(c2)OCO3)CC1. The molecule has 4 rings (SSSR count). The summed E-state index contributed by atoms with van der Waals surface area (Å²) in [4.78, 5) is 2.17. The zero-order valence-corrected chi connectivity index (χ0v) is 14.0. The normalized spacial score (nSPS) is 18.3. The molecule has 2 aliphatic rings. The number of benzene rings is 1. The Hall–Kier alpha value is -1.77. The van der Waals surface area contributed by atoms with Crippen molar-refractivity contribution in [1.82, 2.24) is 4.31 Å². The van der Waals surface area contributed by atoms with Gasteiger partial charge in [-0.15, -0.1) is 11.3 Å². The number of thiophene rings is 1. The Morgan fingerprint density at radius 2 is 1.78 bits per heavy atom. The average molecular weight is 352 g/mol. The number of hydrogen-bond acceptors (Lipinski definition) is 6. The largest absolute Gasteiger partial charge is 0.454 e. The summed E-state index contributed by atoms with van der Waals surface area (Å²) in [5.74, 6) is 1.50. The topological polar surface area (TPSA) is 59.1 Å². The van der Waals surface area contributed by atoms with E-state index in [9.17, 15) is 8.42 Å². The molecule has 1 fully saturated rings. The lowest BCUT2D eigenvalue weighted by atomic mass is 10.2. The van der Waals surface area contributed by atoms with Crippen molar-refractivity contribution in [3.8, 4) is 11.5 Å². The molecule has 0 N–H and O–H groups in total. The summed E-state index contributed by atoms with van der Waals surface area (Å²) >= 11 is 1.26. The number of hydrogen-bond donors (Lipinski definition) is 0. The number of rotatable bonds is 3. The summed E-state index contributed by atoms with van der Waals surface area (Å²) in [5.41, 5.74) is 1.03. The van der Waals surface area contributed by atoms with E-state index in [1.807, 2.05) is 18.2 Å². The second-order valence-corrected chi connectivity index (χ2v) is 8.47. The zero-order valence-electron chi connectivity index (χ0n) is 12.3. The molecule has 6 nitrogen and oxygen atoms in total. The molecule has 122 valence electrons. The smallest absolute Gasteiger partial charge is 0.252 e. The monoisotopic (exact) mass is 352 g/mol. The minimum Gasteiger partial charge on any atom is -0.454 e. The van der Waals surface area contributed by atoms with Crippen molar-refractivity contribution in [2.75, 3.05) is 37.9 Å². The van der Waals surface area contributed by atoms with Gasteiger partial charge in [0.1, 0.15) is 4.21 Å². The Morgan fingerprint density at radius 3 is 2.52 bits per heavy atom. The fourth-order valence-corrected chi connectivity index (χ4v) is 5.37. The van der Waals surface area contributed by atoms with Crippen molar-refractivity contribution in [3.05, 3.63) is 35.7 Å². The van der Waals surface area contributed by atoms with Crippen LogP contribution in [0.1, 0.15) is 0 Å². The maximum atomic E-state index is 12.5. The summed E-state index contributed by atoms with van der Waals surface area (Å²) in [5, 5.41) is 1.79. The molecule has 3 heterocycles. The maximum absolute atomic E-state index is 12.5. The molecule has 0 atom stereocenters. The van der Waals surface area contributed by atoms with Crippen LogP contribution in [0.25, 0.3) is 0 Å². The van der Waals surface area contributed by atoms with E-state index in [4.69, 9.17) is 9.47 Å². The molecule has 2 aliphatic heterocycles. The van der Waals surface area contributed by atoms with E-state index in [2.05, 4.69) is 4.90 Å². The molecule has 23 heavy (non-hydrogen) atoms. The number of piperazine rings is 1. The molecule has 0 bridgehead atoms. The molecular formula is C15H16N2O4S2. The highest BCUT2D eigenvalue weighted by Gasteiger charge is 2.29. The van der Waals surface area contributed by atoms with Gasteiger partial charge in [0.2, 0.25) is 6.79 Å². The summed E-state index contributed by atoms with van der Waals surface area (Å²) < 4.78 is 37.7. The number of nitrogens with zero attached hydrogens (tertiary/aromatic N) is 2. The van der Waals surface area contributed by atoms with Crippen molar-refractivity contribution in [1.29, 1.82) is 0 Å². The Balaban J connectivity index is 1.47. The lowest BCUT2D eigenvalue weighted by Crippen LogP contribution is -2.48. The van der Waals surface area contributed by atoms with E-state index in [1.165, 1.54) is 11.3 Å². The summed E-state index contributed by atoms with van der Waals surface area (Å²) in [7, 11) is -3.35. The molecule has 0 amide bonds. The second-order valence-electron chi connectivity index (χ2n) is 5.36. The highest BCUT2D eigenvalue weighted by molar-refractivity contribution is 7.91. The Morgan fingerprint density at radius 1 is 1.00 bits per heavy atom. The van der Waals surface area contributed by atoms with E-state index < -0.39 is 10.0 Å². The van der Waals surface area contributed by atoms with Gasteiger partial charge < -0.3 is 14.4 Å². The first-order chi connectivity index (χ1) is 11.1. The Labute approximate surface area is 138 Å². The first kappa shape index (κ1) is 14.8. The third-order valence-corrected chi connectivity index (χ3v) is 7.32. The third-order valence-electron chi connectivity index (χ3n) is 4.05. The molecular weight excluding hydrogens is 336 g/mol. The van der Waals surface area contributed by atoms with Gasteiger partial charge in [-0.1, -0.05) is 6.07 Å². The van der Waals surface area contributed by atoms with E-state index in [0.29, 0.717) is 30.4 Å². The van der Waals surface area contributed by atoms with E-state index in [0.717, 1.165) is 17.2 Å². The van der Waals surface area contributed by atoms with E-state index >= 15 is 0 Å². The first-order valence-corrected chi connectivity index (χ1v) is 9.65. The maximum Gasteiger partial charge on any atom is 0.252 e. The highest BCUT2D eigenvalue weighted by atomic mass is 32.2. The standard InChI is InChI=1S/C15H16N2O4S2/c18-23(19,15-2-1-9-22-15)17-7-5-16(6-8-17)12-3-4-13-14(10-12)21-11-20-13/h1-4,9-10H,5-8,11H2. The average Bonchev–Trinajstić information content (AvgIpc) is 3.26. The minimum absolute atomic E-state index is 0.256. The van der Waals surface area contributed by atoms with Crippen LogP contribution in [0.3, 0.4) is 0 Å². The van der Waals surface area contributed by atoms with Crippen molar-refractivity contribution >= 4 is 27.0 Å². The van der Waals surface area contributed by atoms with Gasteiger partial charge in [0.05, 0.1) is 0 Å². The van der Waals surface area contributed by atoms with Gasteiger partial charge in [0.15, 0.2) is 11.5 Å². The lowest BCUT2D eigenvalue weighted by molar-refractivity contribution is 0.174. The van der Waals surface area contributed by atoms with Gasteiger partial charge >= 0.3 is 0 Å². The van der Waals surface area contributed by atoms with Crippen LogP contribution in [0.2, 0.25) is 0 Å². The van der Waals surface area contributed by atoms with Crippen LogP contribution in [0.5, 0.6) is 11.5 Å². The molecule has 2 aromatic rings. The molecule has 1 saturated heterocycles. The predicted octanol–water partition coefficient (Wildman–Crippen LogP) is 1.99. The predicted molar refractivity (Wildman–Crippen MR) is 87.9 cm³/mol. The van der Waals surface area contributed by atoms with Gasteiger partial charge in [-0.05, 0) is 23.6 Å². The van der Waals surface area contributed by atoms with Crippen LogP contribution in [0, 0.1) is 0 Å². The lowest BCUT2D eigenvalue weighted by Gasteiger charge is -2.35. The summed E-state index contributed by atoms with van der Waals surface area (Å²) in [6.07, 6.45) is 0. The van der Waals surface area contributed by atoms with Gasteiger partial charge in [-0.3, -0.25) is 0 Å². The van der Waals surface area contributed by atoms with Crippen molar-refractivity contribution in [2.24, 2.45) is 0 Å². The van der Waals surface area contributed by atoms with E-state index in [-0.39, 0.29) is 6.79 Å². The molecule has 0 aliphatic carbocycles. The molecule has 0 radical (unpaired) electrons. The van der Waals surface area contributed by atoms with Crippen molar-refractivity contribution < 1.29 is 17.9 Å². The fraction of sp³-hybridized carbons (Fsp3) is 0.333. The van der Waals surface area contributed by atoms with Gasteiger partial charge in [0, 0.05) is 37.9 Å². The minimum atomic E-state index is -3.35. The van der Waals surface area contributed by atoms with Gasteiger partial charge in [0.25, 0.3) is 10.0 Å². The number of sulfonamides is 1. The molecule has 8 heteroatoms. The first-order valence-electron chi connectivity index (χ1n) is 7.33. The summed E-state index contributed by atoms with van der Waals surface area (Å²) in [6, 6.07) is 9.25. The fourth-order valence-electron chi connectivity index (χ4n) is 2.81. The second kappa shape index (κ2) is 5.70. The molecule has 1 aromatic carbocycles. The van der Waals surface area contributed by atoms with Crippen LogP contribution in [0.15, 0.2) is 39.9 Å². The summed E-state index contributed by atoms with van der Waals surface area (Å²) in [6.45, 7) is 2.53. The van der Waals surface area contributed by atoms with Crippen LogP contribution in [0.4, 0.5) is 5.69 Å². The number of ether oxygens (including phenoxy) is 2. The molecule has 1 aromatic heterocycles. The number of anilines is 1. The highest BCUT2D eigenvalue weighted by Crippen LogP contribution is 2.36. The molecule has 0 unspecified atom stereocenters. The van der Waals surface area contributed by atoms with Crippen LogP contribution in [-0.2, 0) is 10.0 Å².